The molecule has 3 aromatic rings. The lowest BCUT2D eigenvalue weighted by atomic mass is 10.1. The summed E-state index contributed by atoms with van der Waals surface area (Å²) in [6, 6.07) is 20.4. The van der Waals surface area contributed by atoms with Gasteiger partial charge in [-0.25, -0.2) is 0 Å². The number of benzene rings is 3. The van der Waals surface area contributed by atoms with Gasteiger partial charge in [0.15, 0.2) is 0 Å². The molecule has 2 N–H and O–H groups in total. The summed E-state index contributed by atoms with van der Waals surface area (Å²) in [5, 5.41) is 0.944. The Labute approximate surface area is 208 Å². The number of ether oxygens (including phenoxy) is 1. The van der Waals surface area contributed by atoms with Crippen LogP contribution in [0.25, 0.3) is 0 Å². The standard InChI is InChI=1S/C26H25Cl2N3O3/c1-2-17-7-10-20(11-8-17)31-15-19(14-25(31)32)26(33)30-29-23-5-3-4-6-24(23)34-16-18-9-12-21(27)22(28)13-18/h3-13,19,29H,2,14-16H2,1H3,(H,30,33)/t19-/m1/s1. The Morgan fingerprint density at radius 2 is 1.76 bits per heavy atom. The number of anilines is 2. The van der Waals surface area contributed by atoms with Gasteiger partial charge < -0.3 is 9.64 Å². The molecule has 0 unspecified atom stereocenters. The Morgan fingerprint density at radius 3 is 2.50 bits per heavy atom. The summed E-state index contributed by atoms with van der Waals surface area (Å²) in [6.07, 6.45) is 1.10. The Morgan fingerprint density at radius 1 is 1.03 bits per heavy atom. The van der Waals surface area contributed by atoms with Crippen LogP contribution < -0.4 is 20.5 Å². The third kappa shape index (κ3) is 5.64. The van der Waals surface area contributed by atoms with Crippen LogP contribution in [0.4, 0.5) is 11.4 Å². The van der Waals surface area contributed by atoms with Crippen LogP contribution >= 0.6 is 23.2 Å². The molecule has 1 aliphatic heterocycles. The number of halogens is 2. The zero-order chi connectivity index (χ0) is 24.1. The first-order valence-corrected chi connectivity index (χ1v) is 11.8. The van der Waals surface area contributed by atoms with Crippen LogP contribution in [0.3, 0.4) is 0 Å². The maximum absolute atomic E-state index is 12.8. The van der Waals surface area contributed by atoms with Gasteiger partial charge in [0.2, 0.25) is 11.8 Å². The molecule has 1 fully saturated rings. The summed E-state index contributed by atoms with van der Waals surface area (Å²) in [5.74, 6) is -0.195. The molecule has 1 atom stereocenters. The third-order valence-corrected chi connectivity index (χ3v) is 6.48. The topological polar surface area (TPSA) is 70.7 Å². The van der Waals surface area contributed by atoms with Crippen molar-refractivity contribution in [3.63, 3.8) is 0 Å². The Bertz CT molecular complexity index is 1180. The number of nitrogens with zero attached hydrogens (tertiary/aromatic N) is 1. The van der Waals surface area contributed by atoms with Crippen molar-refractivity contribution < 1.29 is 14.3 Å². The molecule has 8 heteroatoms. The third-order valence-electron chi connectivity index (χ3n) is 5.74. The molecular weight excluding hydrogens is 473 g/mol. The first-order chi connectivity index (χ1) is 16.4. The molecule has 0 aromatic heterocycles. The van der Waals surface area contributed by atoms with Crippen molar-refractivity contribution >= 4 is 46.4 Å². The highest BCUT2D eigenvalue weighted by molar-refractivity contribution is 6.42. The fraction of sp³-hybridized carbons (Fsp3) is 0.231. The predicted octanol–water partition coefficient (Wildman–Crippen LogP) is 5.63. The van der Waals surface area contributed by atoms with Crippen LogP contribution in [0.5, 0.6) is 5.75 Å². The molecule has 3 aromatic carbocycles. The van der Waals surface area contributed by atoms with Crippen LogP contribution in [0.1, 0.15) is 24.5 Å². The monoisotopic (exact) mass is 497 g/mol. The maximum Gasteiger partial charge on any atom is 0.243 e. The highest BCUT2D eigenvalue weighted by atomic mass is 35.5. The van der Waals surface area contributed by atoms with Gasteiger partial charge in [-0.3, -0.25) is 20.4 Å². The van der Waals surface area contributed by atoms with Gasteiger partial charge in [0.1, 0.15) is 12.4 Å². The van der Waals surface area contributed by atoms with E-state index in [1.807, 2.05) is 42.5 Å². The molecule has 0 spiro atoms. The molecule has 0 aliphatic carbocycles. The van der Waals surface area contributed by atoms with E-state index >= 15 is 0 Å². The number of carbonyl (C=O) groups is 2. The predicted molar refractivity (Wildman–Crippen MR) is 135 cm³/mol. The largest absolute Gasteiger partial charge is 0.487 e. The van der Waals surface area contributed by atoms with E-state index < -0.39 is 5.92 Å². The Kier molecular flexibility index (Phi) is 7.60. The van der Waals surface area contributed by atoms with Gasteiger partial charge in [0.05, 0.1) is 21.7 Å². The molecule has 0 radical (unpaired) electrons. The molecule has 1 saturated heterocycles. The second-order valence-corrected chi connectivity index (χ2v) is 8.89. The number of rotatable bonds is 8. The van der Waals surface area contributed by atoms with E-state index in [4.69, 9.17) is 27.9 Å². The first-order valence-electron chi connectivity index (χ1n) is 11.1. The maximum atomic E-state index is 12.8. The van der Waals surface area contributed by atoms with Gasteiger partial charge in [-0.2, -0.15) is 0 Å². The molecule has 1 heterocycles. The van der Waals surface area contributed by atoms with E-state index in [-0.39, 0.29) is 24.8 Å². The van der Waals surface area contributed by atoms with Crippen LogP contribution in [0.2, 0.25) is 10.0 Å². The molecule has 6 nitrogen and oxygen atoms in total. The second kappa shape index (κ2) is 10.8. The van der Waals surface area contributed by atoms with Crippen LogP contribution in [-0.2, 0) is 22.6 Å². The van der Waals surface area contributed by atoms with Gasteiger partial charge in [-0.05, 0) is 53.9 Å². The summed E-state index contributed by atoms with van der Waals surface area (Å²) < 4.78 is 5.91. The average molecular weight is 498 g/mol. The van der Waals surface area contributed by atoms with Gasteiger partial charge in [0, 0.05) is 18.7 Å². The number of amides is 2. The minimum Gasteiger partial charge on any atom is -0.487 e. The molecule has 0 saturated carbocycles. The van der Waals surface area contributed by atoms with Crippen molar-refractivity contribution in [3.05, 3.63) is 87.9 Å². The molecule has 34 heavy (non-hydrogen) atoms. The number of nitrogens with one attached hydrogen (secondary N) is 2. The Hall–Kier alpha value is -3.22. The SMILES string of the molecule is CCc1ccc(N2C[C@H](C(=O)NNc3ccccc3OCc3ccc(Cl)c(Cl)c3)CC2=O)cc1. The van der Waals surface area contributed by atoms with E-state index in [1.54, 1.807) is 29.2 Å². The van der Waals surface area contributed by atoms with Gasteiger partial charge in [0.25, 0.3) is 0 Å². The van der Waals surface area contributed by atoms with Gasteiger partial charge in [-0.1, -0.05) is 60.5 Å². The molecule has 2 amide bonds. The number of hydrazine groups is 1. The lowest BCUT2D eigenvalue weighted by Gasteiger charge is -2.18. The lowest BCUT2D eigenvalue weighted by Crippen LogP contribution is -2.36. The number of aryl methyl sites for hydroxylation is 1. The molecular formula is C26H25Cl2N3O3. The van der Waals surface area contributed by atoms with Crippen LogP contribution in [0, 0.1) is 5.92 Å². The van der Waals surface area contributed by atoms with E-state index in [0.29, 0.717) is 28.0 Å². The van der Waals surface area contributed by atoms with Crippen molar-refractivity contribution in [2.75, 3.05) is 16.9 Å². The number of carbonyl (C=O) groups excluding carboxylic acids is 2. The highest BCUT2D eigenvalue weighted by Crippen LogP contribution is 2.28. The molecule has 176 valence electrons. The minimum absolute atomic E-state index is 0.0604. The van der Waals surface area contributed by atoms with E-state index in [9.17, 15) is 9.59 Å². The lowest BCUT2D eigenvalue weighted by molar-refractivity contribution is -0.125. The van der Waals surface area contributed by atoms with Crippen molar-refractivity contribution in [1.82, 2.24) is 5.43 Å². The molecule has 1 aliphatic rings. The Balaban J connectivity index is 1.34. The number of hydrogen-bond donors (Lipinski definition) is 2. The molecule has 4 rings (SSSR count). The summed E-state index contributed by atoms with van der Waals surface area (Å²) in [7, 11) is 0. The van der Waals surface area contributed by atoms with Crippen LogP contribution in [-0.4, -0.2) is 18.4 Å². The quantitative estimate of drug-likeness (QED) is 0.395. The van der Waals surface area contributed by atoms with E-state index in [1.165, 1.54) is 5.56 Å². The normalized spacial score (nSPS) is 15.3. The molecule has 0 bridgehead atoms. The summed E-state index contributed by atoms with van der Waals surface area (Å²) >= 11 is 12.0. The zero-order valence-electron chi connectivity index (χ0n) is 18.7. The van der Waals surface area contributed by atoms with E-state index in [2.05, 4.69) is 17.8 Å². The second-order valence-electron chi connectivity index (χ2n) is 8.07. The summed E-state index contributed by atoms with van der Waals surface area (Å²) in [4.78, 5) is 27.0. The average Bonchev–Trinajstić information content (AvgIpc) is 3.25. The number of hydrogen-bond acceptors (Lipinski definition) is 4. The minimum atomic E-state index is -0.449. The smallest absolute Gasteiger partial charge is 0.243 e. The zero-order valence-corrected chi connectivity index (χ0v) is 20.2. The van der Waals surface area contributed by atoms with Crippen molar-refractivity contribution in [2.24, 2.45) is 5.92 Å². The summed E-state index contributed by atoms with van der Waals surface area (Å²) in [5.41, 5.74) is 9.13. The number of para-hydroxylation sites is 2. The van der Waals surface area contributed by atoms with E-state index in [0.717, 1.165) is 17.7 Å². The highest BCUT2D eigenvalue weighted by Gasteiger charge is 2.35. The fourth-order valence-electron chi connectivity index (χ4n) is 3.76. The summed E-state index contributed by atoms with van der Waals surface area (Å²) in [6.45, 7) is 2.71. The van der Waals surface area contributed by atoms with Crippen LogP contribution in [0.15, 0.2) is 66.7 Å². The first kappa shape index (κ1) is 23.9. The van der Waals surface area contributed by atoms with Gasteiger partial charge >= 0.3 is 0 Å². The fourth-order valence-corrected chi connectivity index (χ4v) is 4.08. The van der Waals surface area contributed by atoms with Crippen molar-refractivity contribution in [2.45, 2.75) is 26.4 Å². The van der Waals surface area contributed by atoms with Crippen molar-refractivity contribution in [1.29, 1.82) is 0 Å². The van der Waals surface area contributed by atoms with Crippen molar-refractivity contribution in [3.8, 4) is 5.75 Å². The van der Waals surface area contributed by atoms with Gasteiger partial charge in [-0.15, -0.1) is 0 Å².